The second kappa shape index (κ2) is 7.74. The number of rotatable bonds is 4. The Kier molecular flexibility index (Phi) is 4.94. The monoisotopic (exact) mass is 479 g/mol. The largest absolute Gasteiger partial charge is 0.300 e. The number of nitro groups is 1. The van der Waals surface area contributed by atoms with E-state index >= 15 is 0 Å². The molecule has 34 heavy (non-hydrogen) atoms. The van der Waals surface area contributed by atoms with E-state index in [9.17, 15) is 28.9 Å². The molecule has 0 aromatic heterocycles. The molecule has 5 rings (SSSR count). The first kappa shape index (κ1) is 21.7. The van der Waals surface area contributed by atoms with Gasteiger partial charge in [-0.05, 0) is 48.4 Å². The molecule has 10 heteroatoms. The van der Waals surface area contributed by atoms with Crippen LogP contribution in [0.1, 0.15) is 37.9 Å². The first-order chi connectivity index (χ1) is 16.2. The second-order valence-corrected chi connectivity index (χ2v) is 8.46. The Balaban J connectivity index is 1.58. The topological polar surface area (TPSA) is 101 Å². The number of hydrogen-bond acceptors (Lipinski definition) is 5. The predicted octanol–water partition coefficient (Wildman–Crippen LogP) is 4.45. The highest BCUT2D eigenvalue weighted by Crippen LogP contribution is 2.45. The molecule has 3 amide bonds. The highest BCUT2D eigenvalue weighted by atomic mass is 35.5. The number of nitro benzene ring substituents is 1. The standard InChI is InChI=1S/C24H15ClFN3O5/c1-12-2-7-15(11-19(12)25)27-20(13-3-5-14(26)6-4-13)21(24(27)32)28-22(30)17-9-8-16(29(33)34)10-18(17)23(28)31/h2-11,20-21H,1H3/t20-,21-/m1/s1. The molecule has 0 spiro atoms. The molecule has 0 aliphatic carbocycles. The zero-order chi connectivity index (χ0) is 24.3. The molecular weight excluding hydrogens is 465 g/mol. The number of nitrogens with zero attached hydrogens (tertiary/aromatic N) is 3. The number of β-lactam (4-membered cyclic amide) rings is 1. The summed E-state index contributed by atoms with van der Waals surface area (Å²) in [6, 6.07) is 11.8. The maximum absolute atomic E-state index is 13.6. The number of anilines is 1. The highest BCUT2D eigenvalue weighted by molar-refractivity contribution is 6.32. The lowest BCUT2D eigenvalue weighted by Gasteiger charge is -2.49. The first-order valence-corrected chi connectivity index (χ1v) is 10.6. The number of non-ortho nitro benzene ring substituents is 1. The Labute approximate surface area is 197 Å². The van der Waals surface area contributed by atoms with Crippen LogP contribution in [0.5, 0.6) is 0 Å². The minimum absolute atomic E-state index is 0.0157. The smallest absolute Gasteiger partial charge is 0.270 e. The predicted molar refractivity (Wildman–Crippen MR) is 120 cm³/mol. The zero-order valence-corrected chi connectivity index (χ0v) is 18.3. The number of benzene rings is 3. The molecule has 0 N–H and O–H groups in total. The van der Waals surface area contributed by atoms with Crippen LogP contribution < -0.4 is 4.90 Å². The van der Waals surface area contributed by atoms with Gasteiger partial charge in [0.05, 0.1) is 22.1 Å². The lowest BCUT2D eigenvalue weighted by atomic mass is 9.86. The number of carbonyl (C=O) groups is 3. The molecule has 3 aromatic carbocycles. The summed E-state index contributed by atoms with van der Waals surface area (Å²) in [5.74, 6) is -2.53. The first-order valence-electron chi connectivity index (χ1n) is 10.2. The molecule has 1 saturated heterocycles. The van der Waals surface area contributed by atoms with Gasteiger partial charge in [-0.2, -0.15) is 0 Å². The van der Waals surface area contributed by atoms with Gasteiger partial charge in [0.1, 0.15) is 11.9 Å². The van der Waals surface area contributed by atoms with Crippen molar-refractivity contribution in [3.63, 3.8) is 0 Å². The third-order valence-corrected chi connectivity index (χ3v) is 6.51. The lowest BCUT2D eigenvalue weighted by Crippen LogP contribution is -2.67. The van der Waals surface area contributed by atoms with Gasteiger partial charge < -0.3 is 4.90 Å². The molecule has 0 saturated carbocycles. The molecule has 2 heterocycles. The molecular formula is C24H15ClFN3O5. The Morgan fingerprint density at radius 3 is 2.21 bits per heavy atom. The van der Waals surface area contributed by atoms with Crippen molar-refractivity contribution >= 4 is 40.7 Å². The van der Waals surface area contributed by atoms with Crippen molar-refractivity contribution in [3.05, 3.63) is 104 Å². The van der Waals surface area contributed by atoms with Gasteiger partial charge in [-0.1, -0.05) is 29.8 Å². The van der Waals surface area contributed by atoms with E-state index in [-0.39, 0.29) is 16.8 Å². The van der Waals surface area contributed by atoms with Crippen LogP contribution in [0.15, 0.2) is 60.7 Å². The van der Waals surface area contributed by atoms with Gasteiger partial charge in [0.2, 0.25) is 0 Å². The van der Waals surface area contributed by atoms with E-state index < -0.39 is 40.5 Å². The Morgan fingerprint density at radius 2 is 1.56 bits per heavy atom. The molecule has 0 bridgehead atoms. The molecule has 3 aromatic rings. The lowest BCUT2D eigenvalue weighted by molar-refractivity contribution is -0.384. The summed E-state index contributed by atoms with van der Waals surface area (Å²) in [5, 5.41) is 11.6. The summed E-state index contributed by atoms with van der Waals surface area (Å²) in [6.07, 6.45) is 0. The Hall–Kier alpha value is -4.11. The van der Waals surface area contributed by atoms with Crippen LogP contribution in [-0.4, -0.2) is 33.6 Å². The van der Waals surface area contributed by atoms with E-state index in [1.165, 1.54) is 35.2 Å². The summed E-state index contributed by atoms with van der Waals surface area (Å²) >= 11 is 6.25. The van der Waals surface area contributed by atoms with Gasteiger partial charge in [0, 0.05) is 22.8 Å². The maximum atomic E-state index is 13.6. The van der Waals surface area contributed by atoms with Crippen molar-refractivity contribution in [3.8, 4) is 0 Å². The van der Waals surface area contributed by atoms with Crippen LogP contribution in [0.25, 0.3) is 0 Å². The number of amides is 3. The average Bonchev–Trinajstić information content (AvgIpc) is 3.05. The molecule has 2 atom stereocenters. The minimum Gasteiger partial charge on any atom is -0.300 e. The maximum Gasteiger partial charge on any atom is 0.270 e. The minimum atomic E-state index is -1.21. The molecule has 2 aliphatic heterocycles. The summed E-state index contributed by atoms with van der Waals surface area (Å²) in [6.45, 7) is 1.81. The molecule has 0 unspecified atom stereocenters. The Bertz CT molecular complexity index is 1410. The van der Waals surface area contributed by atoms with Gasteiger partial charge in [-0.15, -0.1) is 0 Å². The summed E-state index contributed by atoms with van der Waals surface area (Å²) in [7, 11) is 0. The van der Waals surface area contributed by atoms with E-state index in [4.69, 9.17) is 11.6 Å². The van der Waals surface area contributed by atoms with Gasteiger partial charge in [0.15, 0.2) is 0 Å². The zero-order valence-electron chi connectivity index (χ0n) is 17.6. The molecule has 0 radical (unpaired) electrons. The van der Waals surface area contributed by atoms with Gasteiger partial charge in [0.25, 0.3) is 23.4 Å². The fraction of sp³-hybridized carbons (Fsp3) is 0.125. The van der Waals surface area contributed by atoms with E-state index in [1.807, 2.05) is 6.92 Å². The van der Waals surface area contributed by atoms with E-state index in [2.05, 4.69) is 0 Å². The Morgan fingerprint density at radius 1 is 0.882 bits per heavy atom. The van der Waals surface area contributed by atoms with Gasteiger partial charge in [-0.3, -0.25) is 29.4 Å². The van der Waals surface area contributed by atoms with E-state index in [0.717, 1.165) is 22.6 Å². The van der Waals surface area contributed by atoms with Crippen molar-refractivity contribution < 1.29 is 23.7 Å². The molecule has 170 valence electrons. The quantitative estimate of drug-likeness (QED) is 0.238. The summed E-state index contributed by atoms with van der Waals surface area (Å²) < 4.78 is 13.6. The summed E-state index contributed by atoms with van der Waals surface area (Å²) in [4.78, 5) is 52.4. The van der Waals surface area contributed by atoms with Gasteiger partial charge in [-0.25, -0.2) is 4.39 Å². The third kappa shape index (κ3) is 3.16. The number of aryl methyl sites for hydroxylation is 1. The highest BCUT2D eigenvalue weighted by Gasteiger charge is 2.57. The molecule has 1 fully saturated rings. The third-order valence-electron chi connectivity index (χ3n) is 6.10. The van der Waals surface area contributed by atoms with Crippen molar-refractivity contribution in [2.75, 3.05) is 4.90 Å². The summed E-state index contributed by atoms with van der Waals surface area (Å²) in [5.41, 5.74) is 1.27. The SMILES string of the molecule is Cc1ccc(N2C(=O)[C@H](N3C(=O)c4ccc([N+](=O)[O-])cc4C3=O)[C@H]2c2ccc(F)cc2)cc1Cl. The van der Waals surface area contributed by atoms with Crippen LogP contribution in [0.3, 0.4) is 0 Å². The second-order valence-electron chi connectivity index (χ2n) is 8.05. The van der Waals surface area contributed by atoms with Crippen LogP contribution in [0, 0.1) is 22.9 Å². The van der Waals surface area contributed by atoms with Gasteiger partial charge >= 0.3 is 0 Å². The van der Waals surface area contributed by atoms with Crippen molar-refractivity contribution in [2.45, 2.75) is 19.0 Å². The average molecular weight is 480 g/mol. The van der Waals surface area contributed by atoms with Crippen molar-refractivity contribution in [1.29, 1.82) is 0 Å². The fourth-order valence-electron chi connectivity index (χ4n) is 4.35. The number of halogens is 2. The van der Waals surface area contributed by atoms with Crippen LogP contribution in [0.4, 0.5) is 15.8 Å². The van der Waals surface area contributed by atoms with E-state index in [1.54, 1.807) is 18.2 Å². The van der Waals surface area contributed by atoms with Crippen LogP contribution in [-0.2, 0) is 4.79 Å². The number of imide groups is 1. The number of hydrogen-bond donors (Lipinski definition) is 0. The van der Waals surface area contributed by atoms with Crippen molar-refractivity contribution in [2.24, 2.45) is 0 Å². The van der Waals surface area contributed by atoms with Crippen LogP contribution in [0.2, 0.25) is 5.02 Å². The molecule has 2 aliphatic rings. The molecule has 8 nitrogen and oxygen atoms in total. The number of fused-ring (bicyclic) bond motifs is 1. The van der Waals surface area contributed by atoms with E-state index in [0.29, 0.717) is 16.3 Å². The van der Waals surface area contributed by atoms with Crippen LogP contribution >= 0.6 is 11.6 Å². The fourth-order valence-corrected chi connectivity index (χ4v) is 4.52. The normalized spacial score (nSPS) is 19.3. The number of carbonyl (C=O) groups excluding carboxylic acids is 3. The van der Waals surface area contributed by atoms with Crippen molar-refractivity contribution in [1.82, 2.24) is 4.90 Å².